The molecule has 1 aromatic heterocycles. The summed E-state index contributed by atoms with van der Waals surface area (Å²) in [7, 11) is 0. The van der Waals surface area contributed by atoms with E-state index in [1.807, 2.05) is 27.7 Å². The van der Waals surface area contributed by atoms with Crippen LogP contribution in [-0.2, 0) is 11.0 Å². The zero-order chi connectivity index (χ0) is 21.4. The minimum Gasteiger partial charge on any atom is -0.385 e. The summed E-state index contributed by atoms with van der Waals surface area (Å²) >= 11 is 0. The smallest absolute Gasteiger partial charge is 0.385 e. The van der Waals surface area contributed by atoms with Gasteiger partial charge in [0.15, 0.2) is 5.82 Å². The van der Waals surface area contributed by atoms with Gasteiger partial charge in [0, 0.05) is 36.6 Å². The van der Waals surface area contributed by atoms with Crippen molar-refractivity contribution in [3.63, 3.8) is 0 Å². The first-order chi connectivity index (χ1) is 13.5. The zero-order valence-electron chi connectivity index (χ0n) is 17.0. The van der Waals surface area contributed by atoms with Crippen molar-refractivity contribution < 1.29 is 18.0 Å². The van der Waals surface area contributed by atoms with E-state index in [1.165, 1.54) is 18.5 Å². The first kappa shape index (κ1) is 25.6. The van der Waals surface area contributed by atoms with E-state index in [0.717, 1.165) is 25.2 Å². The minimum atomic E-state index is -4.47. The molecule has 4 nitrogen and oxygen atoms in total. The van der Waals surface area contributed by atoms with E-state index in [4.69, 9.17) is 0 Å². The van der Waals surface area contributed by atoms with Crippen LogP contribution >= 0.6 is 0 Å². The Morgan fingerprint density at radius 3 is 2.21 bits per heavy atom. The number of nitrogens with zero attached hydrogens (tertiary/aromatic N) is 2. The van der Waals surface area contributed by atoms with Gasteiger partial charge in [-0.2, -0.15) is 13.2 Å². The zero-order valence-corrected chi connectivity index (χ0v) is 17.0. The van der Waals surface area contributed by atoms with Gasteiger partial charge < -0.3 is 10.1 Å². The third-order valence-electron chi connectivity index (χ3n) is 3.46. The fraction of sp³-hybridized carbons (Fsp3) is 0.476. The standard InChI is InChI=1S/C17H18F3N3O.2C2H6/c18-17(19,20)14-12-13(16-22-9-5-10-23-16)6-7-15(14)21-8-3-1-2-4-11-24;2*1-2/h5-7,9-12,21H,1-4,8H2;2*1-2H3. The largest absolute Gasteiger partial charge is 0.418 e. The Hall–Kier alpha value is -2.44. The van der Waals surface area contributed by atoms with E-state index in [-0.39, 0.29) is 11.5 Å². The second-order valence-corrected chi connectivity index (χ2v) is 5.27. The monoisotopic (exact) mass is 397 g/mol. The van der Waals surface area contributed by atoms with Crippen LogP contribution in [0, 0.1) is 0 Å². The molecule has 1 heterocycles. The number of hydrogen-bond donors (Lipinski definition) is 1. The third kappa shape index (κ3) is 8.97. The number of hydrogen-bond acceptors (Lipinski definition) is 4. The van der Waals surface area contributed by atoms with Crippen molar-refractivity contribution in [1.29, 1.82) is 0 Å². The highest BCUT2D eigenvalue weighted by Gasteiger charge is 2.34. The fourth-order valence-corrected chi connectivity index (χ4v) is 2.27. The SMILES string of the molecule is CC.CC.O=CCCCCCNc1ccc(-c2ncccn2)cc1C(F)(F)F. The highest BCUT2D eigenvalue weighted by Crippen LogP contribution is 2.37. The molecule has 1 N–H and O–H groups in total. The van der Waals surface area contributed by atoms with Gasteiger partial charge in [-0.1, -0.05) is 34.1 Å². The molecule has 156 valence electrons. The molecule has 0 spiro atoms. The predicted molar refractivity (Wildman–Crippen MR) is 108 cm³/mol. The number of aromatic nitrogens is 2. The Morgan fingerprint density at radius 1 is 1.00 bits per heavy atom. The molecule has 2 aromatic rings. The molecule has 7 heteroatoms. The van der Waals surface area contributed by atoms with Gasteiger partial charge in [-0.15, -0.1) is 0 Å². The van der Waals surface area contributed by atoms with Crippen molar-refractivity contribution in [3.05, 3.63) is 42.2 Å². The van der Waals surface area contributed by atoms with E-state index < -0.39 is 11.7 Å². The fourth-order valence-electron chi connectivity index (χ4n) is 2.27. The molecule has 0 aliphatic rings. The topological polar surface area (TPSA) is 54.9 Å². The average molecular weight is 397 g/mol. The van der Waals surface area contributed by atoms with Gasteiger partial charge in [-0.25, -0.2) is 9.97 Å². The highest BCUT2D eigenvalue weighted by atomic mass is 19.4. The van der Waals surface area contributed by atoms with Crippen LogP contribution in [0.5, 0.6) is 0 Å². The molecule has 0 atom stereocenters. The molecular weight excluding hydrogens is 367 g/mol. The number of anilines is 1. The van der Waals surface area contributed by atoms with E-state index >= 15 is 0 Å². The lowest BCUT2D eigenvalue weighted by atomic mass is 10.1. The second kappa shape index (κ2) is 14.6. The Bertz CT molecular complexity index is 662. The summed E-state index contributed by atoms with van der Waals surface area (Å²) in [5.74, 6) is 0.253. The minimum absolute atomic E-state index is 0.0394. The number of nitrogens with one attached hydrogen (secondary N) is 1. The summed E-state index contributed by atoms with van der Waals surface area (Å²) in [6.07, 6.45) is 2.09. The summed E-state index contributed by atoms with van der Waals surface area (Å²) in [5, 5.41) is 2.83. The molecule has 2 rings (SSSR count). The molecule has 0 unspecified atom stereocenters. The molecule has 0 aliphatic carbocycles. The molecule has 0 bridgehead atoms. The van der Waals surface area contributed by atoms with Gasteiger partial charge in [0.25, 0.3) is 0 Å². The first-order valence-electron chi connectivity index (χ1n) is 9.68. The second-order valence-electron chi connectivity index (χ2n) is 5.27. The van der Waals surface area contributed by atoms with Crippen molar-refractivity contribution in [3.8, 4) is 11.4 Å². The van der Waals surface area contributed by atoms with Crippen LogP contribution in [0.3, 0.4) is 0 Å². The quantitative estimate of drug-likeness (QED) is 0.414. The van der Waals surface area contributed by atoms with Crippen molar-refractivity contribution in [1.82, 2.24) is 9.97 Å². The first-order valence-corrected chi connectivity index (χ1v) is 9.68. The Labute approximate surface area is 165 Å². The molecule has 0 saturated carbocycles. The van der Waals surface area contributed by atoms with Crippen molar-refractivity contribution in [2.75, 3.05) is 11.9 Å². The predicted octanol–water partition coefficient (Wildman–Crippen LogP) is 6.39. The molecular formula is C21H30F3N3O. The van der Waals surface area contributed by atoms with Crippen LogP contribution in [0.15, 0.2) is 36.7 Å². The summed E-state index contributed by atoms with van der Waals surface area (Å²) in [6, 6.07) is 5.64. The van der Waals surface area contributed by atoms with E-state index in [2.05, 4.69) is 15.3 Å². The molecule has 0 fully saturated rings. The van der Waals surface area contributed by atoms with E-state index in [0.29, 0.717) is 24.9 Å². The summed E-state index contributed by atoms with van der Waals surface area (Å²) in [4.78, 5) is 18.2. The number of carbonyl (C=O) groups is 1. The molecule has 28 heavy (non-hydrogen) atoms. The number of alkyl halides is 3. The lowest BCUT2D eigenvalue weighted by Crippen LogP contribution is -2.12. The maximum atomic E-state index is 13.3. The number of unbranched alkanes of at least 4 members (excludes halogenated alkanes) is 3. The van der Waals surface area contributed by atoms with Gasteiger partial charge in [0.1, 0.15) is 6.29 Å². The number of rotatable bonds is 8. The maximum Gasteiger partial charge on any atom is 0.418 e. The normalized spacial score (nSPS) is 10.1. The van der Waals surface area contributed by atoms with Gasteiger partial charge in [-0.05, 0) is 37.1 Å². The van der Waals surface area contributed by atoms with E-state index in [1.54, 1.807) is 12.1 Å². The molecule has 0 amide bonds. The summed E-state index contributed by atoms with van der Waals surface area (Å²) < 4.78 is 39.9. The van der Waals surface area contributed by atoms with Crippen LogP contribution in [0.25, 0.3) is 11.4 Å². The highest BCUT2D eigenvalue weighted by molar-refractivity contribution is 5.64. The summed E-state index contributed by atoms with van der Waals surface area (Å²) in [6.45, 7) is 8.42. The number of benzene rings is 1. The van der Waals surface area contributed by atoms with Gasteiger partial charge >= 0.3 is 6.18 Å². The number of aldehydes is 1. The van der Waals surface area contributed by atoms with Crippen LogP contribution in [0.1, 0.15) is 58.9 Å². The molecule has 0 radical (unpaired) electrons. The van der Waals surface area contributed by atoms with Crippen LogP contribution in [-0.4, -0.2) is 22.8 Å². The average Bonchev–Trinajstić information content (AvgIpc) is 2.73. The van der Waals surface area contributed by atoms with Gasteiger partial charge in [-0.3, -0.25) is 0 Å². The third-order valence-corrected chi connectivity index (χ3v) is 3.46. The van der Waals surface area contributed by atoms with Crippen molar-refractivity contribution in [2.24, 2.45) is 0 Å². The lowest BCUT2D eigenvalue weighted by molar-refractivity contribution is -0.136. The Morgan fingerprint density at radius 2 is 1.64 bits per heavy atom. The summed E-state index contributed by atoms with van der Waals surface area (Å²) in [5.41, 5.74) is -0.377. The molecule has 0 saturated heterocycles. The number of carbonyl (C=O) groups excluding carboxylic acids is 1. The van der Waals surface area contributed by atoms with Crippen molar-refractivity contribution >= 4 is 12.0 Å². The van der Waals surface area contributed by atoms with Gasteiger partial charge in [0.05, 0.1) is 5.56 Å². The lowest BCUT2D eigenvalue weighted by Gasteiger charge is -2.15. The number of halogens is 3. The molecule has 1 aromatic carbocycles. The maximum absolute atomic E-state index is 13.3. The Kier molecular flexibility index (Phi) is 13.3. The van der Waals surface area contributed by atoms with Crippen LogP contribution in [0.2, 0.25) is 0 Å². The molecule has 0 aliphatic heterocycles. The van der Waals surface area contributed by atoms with Gasteiger partial charge in [0.2, 0.25) is 0 Å². The van der Waals surface area contributed by atoms with E-state index in [9.17, 15) is 18.0 Å². The van der Waals surface area contributed by atoms with Crippen LogP contribution in [0.4, 0.5) is 18.9 Å². The van der Waals surface area contributed by atoms with Crippen LogP contribution < -0.4 is 5.32 Å². The Balaban J connectivity index is 0.00000171. The van der Waals surface area contributed by atoms with Crippen molar-refractivity contribution in [2.45, 2.75) is 59.6 Å².